The largest absolute Gasteiger partial charge is 0.416 e. The molecule has 1 saturated heterocycles. The molecular weight excluding hydrogens is 373 g/mol. The van der Waals surface area contributed by atoms with Crippen molar-refractivity contribution in [3.05, 3.63) is 52.2 Å². The molecule has 10 heteroatoms. The predicted molar refractivity (Wildman–Crippen MR) is 87.9 cm³/mol. The smallest absolute Gasteiger partial charge is 0.370 e. The second-order valence-corrected chi connectivity index (χ2v) is 6.08. The summed E-state index contributed by atoms with van der Waals surface area (Å²) in [6.07, 6.45) is -4.88. The number of anilines is 1. The Morgan fingerprint density at radius 2 is 1.96 bits per heavy atom. The molecule has 1 aliphatic heterocycles. The summed E-state index contributed by atoms with van der Waals surface area (Å²) < 4.78 is 43.7. The van der Waals surface area contributed by atoms with Gasteiger partial charge in [-0.3, -0.25) is 4.79 Å². The van der Waals surface area contributed by atoms with Gasteiger partial charge in [-0.05, 0) is 23.8 Å². The number of nitrogens with zero attached hydrogens (tertiary/aromatic N) is 3. The van der Waals surface area contributed by atoms with Crippen LogP contribution in [0, 0.1) is 0 Å². The van der Waals surface area contributed by atoms with Gasteiger partial charge in [0.25, 0.3) is 5.91 Å². The number of halogens is 4. The minimum atomic E-state index is -4.40. The molecule has 2 aromatic rings. The van der Waals surface area contributed by atoms with E-state index in [-0.39, 0.29) is 23.1 Å². The van der Waals surface area contributed by atoms with Gasteiger partial charge in [0.1, 0.15) is 6.10 Å². The van der Waals surface area contributed by atoms with E-state index in [2.05, 4.69) is 10.2 Å². The van der Waals surface area contributed by atoms with Crippen molar-refractivity contribution in [2.75, 3.05) is 24.6 Å². The molecule has 26 heavy (non-hydrogen) atoms. The van der Waals surface area contributed by atoms with E-state index < -0.39 is 23.8 Å². The van der Waals surface area contributed by atoms with Crippen LogP contribution < -0.4 is 10.6 Å². The Labute approximate surface area is 151 Å². The molecule has 0 bridgehead atoms. The summed E-state index contributed by atoms with van der Waals surface area (Å²) in [4.78, 5) is 13.4. The molecule has 1 fully saturated rings. The molecular formula is C16H14ClF3N4O2. The van der Waals surface area contributed by atoms with E-state index in [1.807, 2.05) is 0 Å². The quantitative estimate of drug-likeness (QED) is 0.877. The Bertz CT molecular complexity index is 814. The molecule has 1 amide bonds. The summed E-state index contributed by atoms with van der Waals surface area (Å²) >= 11 is 5.76. The van der Waals surface area contributed by atoms with Crippen molar-refractivity contribution in [1.82, 2.24) is 10.2 Å². The summed E-state index contributed by atoms with van der Waals surface area (Å²) in [7, 11) is 0. The molecule has 6 nitrogen and oxygen atoms in total. The third kappa shape index (κ3) is 3.88. The lowest BCUT2D eigenvalue weighted by molar-refractivity contribution is -0.137. The summed E-state index contributed by atoms with van der Waals surface area (Å²) in [6.45, 7) is 1.00. The molecule has 3 rings (SSSR count). The normalized spacial score (nSPS) is 18.0. The molecule has 0 spiro atoms. The number of carbonyl (C=O) groups excluding carboxylic acids is 1. The fraction of sp³-hybridized carbons (Fsp3) is 0.312. The lowest BCUT2D eigenvalue weighted by Crippen LogP contribution is -2.40. The molecule has 1 unspecified atom stereocenters. The average molecular weight is 387 g/mol. The van der Waals surface area contributed by atoms with Crippen LogP contribution in [0.4, 0.5) is 19.0 Å². The number of morpholine rings is 1. The van der Waals surface area contributed by atoms with Gasteiger partial charge in [0.15, 0.2) is 11.0 Å². The highest BCUT2D eigenvalue weighted by Gasteiger charge is 2.31. The highest BCUT2D eigenvalue weighted by Crippen LogP contribution is 2.32. The van der Waals surface area contributed by atoms with Crippen LogP contribution in [0.3, 0.4) is 0 Å². The van der Waals surface area contributed by atoms with Crippen molar-refractivity contribution in [3.63, 3.8) is 0 Å². The first-order chi connectivity index (χ1) is 12.3. The van der Waals surface area contributed by atoms with Gasteiger partial charge in [0.05, 0.1) is 17.7 Å². The second kappa shape index (κ2) is 7.08. The summed E-state index contributed by atoms with van der Waals surface area (Å²) in [5.41, 5.74) is 5.35. The first kappa shape index (κ1) is 18.4. The van der Waals surface area contributed by atoms with E-state index in [0.717, 1.165) is 12.1 Å². The Morgan fingerprint density at radius 1 is 1.27 bits per heavy atom. The SMILES string of the molecule is NC(=O)c1cc(Cl)nnc1N1CCOC(c2ccc(C(F)(F)F)cc2)C1. The molecule has 0 saturated carbocycles. The third-order valence-electron chi connectivity index (χ3n) is 3.99. The van der Waals surface area contributed by atoms with E-state index in [0.29, 0.717) is 18.7 Å². The van der Waals surface area contributed by atoms with Crippen molar-refractivity contribution >= 4 is 23.3 Å². The van der Waals surface area contributed by atoms with Crippen LogP contribution in [0.5, 0.6) is 0 Å². The number of carbonyl (C=O) groups is 1. The van der Waals surface area contributed by atoms with Crippen molar-refractivity contribution in [1.29, 1.82) is 0 Å². The zero-order valence-electron chi connectivity index (χ0n) is 13.3. The minimum Gasteiger partial charge on any atom is -0.370 e. The standard InChI is InChI=1S/C16H14ClF3N4O2/c17-13-7-11(14(21)25)15(23-22-13)24-5-6-26-12(8-24)9-1-3-10(4-2-9)16(18,19)20/h1-4,7,12H,5-6,8H2,(H2,21,25). The topological polar surface area (TPSA) is 81.3 Å². The third-order valence-corrected chi connectivity index (χ3v) is 4.17. The summed E-state index contributed by atoms with van der Waals surface area (Å²) in [5, 5.41) is 7.71. The number of nitrogens with two attached hydrogens (primary N) is 1. The zero-order chi connectivity index (χ0) is 18.9. The monoisotopic (exact) mass is 386 g/mol. The van der Waals surface area contributed by atoms with Crippen molar-refractivity contribution < 1.29 is 22.7 Å². The molecule has 0 aliphatic carbocycles. The second-order valence-electron chi connectivity index (χ2n) is 5.69. The predicted octanol–water partition coefficient (Wildman–Crippen LogP) is 2.83. The fourth-order valence-corrected chi connectivity index (χ4v) is 2.85. The van der Waals surface area contributed by atoms with Gasteiger partial charge in [-0.25, -0.2) is 0 Å². The summed E-state index contributed by atoms with van der Waals surface area (Å²) in [5.74, 6) is -0.434. The van der Waals surface area contributed by atoms with Crippen LogP contribution in [0.15, 0.2) is 30.3 Å². The highest BCUT2D eigenvalue weighted by molar-refractivity contribution is 6.29. The van der Waals surface area contributed by atoms with Crippen LogP contribution in [0.2, 0.25) is 5.15 Å². The van der Waals surface area contributed by atoms with Crippen LogP contribution in [0.25, 0.3) is 0 Å². The Morgan fingerprint density at radius 3 is 2.58 bits per heavy atom. The van der Waals surface area contributed by atoms with Gasteiger partial charge in [-0.1, -0.05) is 23.7 Å². The van der Waals surface area contributed by atoms with Crippen LogP contribution >= 0.6 is 11.6 Å². The van der Waals surface area contributed by atoms with Crippen LogP contribution in [-0.2, 0) is 10.9 Å². The fourth-order valence-electron chi connectivity index (χ4n) is 2.71. The minimum absolute atomic E-state index is 0.0371. The van der Waals surface area contributed by atoms with E-state index in [9.17, 15) is 18.0 Å². The summed E-state index contributed by atoms with van der Waals surface area (Å²) in [6, 6.07) is 6.09. The van der Waals surface area contributed by atoms with Gasteiger partial charge < -0.3 is 15.4 Å². The Kier molecular flexibility index (Phi) is 5.01. The van der Waals surface area contributed by atoms with Gasteiger partial charge >= 0.3 is 6.18 Å². The van der Waals surface area contributed by atoms with Crippen molar-refractivity contribution in [3.8, 4) is 0 Å². The Balaban J connectivity index is 1.83. The van der Waals surface area contributed by atoms with Gasteiger partial charge in [0.2, 0.25) is 0 Å². The molecule has 1 aromatic carbocycles. The van der Waals surface area contributed by atoms with Gasteiger partial charge in [-0.15, -0.1) is 10.2 Å². The van der Waals surface area contributed by atoms with Crippen molar-refractivity contribution in [2.24, 2.45) is 5.73 Å². The number of aromatic nitrogens is 2. The number of hydrogen-bond donors (Lipinski definition) is 1. The number of amides is 1. The maximum Gasteiger partial charge on any atom is 0.416 e. The van der Waals surface area contributed by atoms with E-state index in [4.69, 9.17) is 22.1 Å². The molecule has 2 heterocycles. The molecule has 138 valence electrons. The zero-order valence-corrected chi connectivity index (χ0v) is 14.1. The number of alkyl halides is 3. The van der Waals surface area contributed by atoms with E-state index >= 15 is 0 Å². The average Bonchev–Trinajstić information content (AvgIpc) is 2.61. The lowest BCUT2D eigenvalue weighted by Gasteiger charge is -2.34. The maximum atomic E-state index is 12.7. The molecule has 1 aromatic heterocycles. The van der Waals surface area contributed by atoms with E-state index in [1.165, 1.54) is 18.2 Å². The maximum absolute atomic E-state index is 12.7. The molecule has 0 radical (unpaired) electrons. The number of benzene rings is 1. The number of rotatable bonds is 3. The highest BCUT2D eigenvalue weighted by atomic mass is 35.5. The number of hydrogen-bond acceptors (Lipinski definition) is 5. The lowest BCUT2D eigenvalue weighted by atomic mass is 10.0. The molecule has 2 N–H and O–H groups in total. The molecule has 1 atom stereocenters. The number of primary amides is 1. The van der Waals surface area contributed by atoms with Crippen molar-refractivity contribution in [2.45, 2.75) is 12.3 Å². The van der Waals surface area contributed by atoms with E-state index in [1.54, 1.807) is 4.90 Å². The Hall–Kier alpha value is -2.39. The van der Waals surface area contributed by atoms with Gasteiger partial charge in [-0.2, -0.15) is 13.2 Å². The number of ether oxygens (including phenoxy) is 1. The molecule has 1 aliphatic rings. The van der Waals surface area contributed by atoms with Crippen LogP contribution in [0.1, 0.15) is 27.6 Å². The van der Waals surface area contributed by atoms with Crippen LogP contribution in [-0.4, -0.2) is 35.8 Å². The van der Waals surface area contributed by atoms with Gasteiger partial charge in [0, 0.05) is 13.1 Å². The first-order valence-corrected chi connectivity index (χ1v) is 8.00. The first-order valence-electron chi connectivity index (χ1n) is 7.62.